The van der Waals surface area contributed by atoms with Gasteiger partial charge in [-0.1, -0.05) is 33.6 Å². The molecule has 0 aliphatic rings. The Labute approximate surface area is 123 Å². The van der Waals surface area contributed by atoms with Crippen molar-refractivity contribution in [1.29, 1.82) is 0 Å². The first-order chi connectivity index (χ1) is 9.13. The third-order valence-corrected chi connectivity index (χ3v) is 4.80. The van der Waals surface area contributed by atoms with Crippen LogP contribution in [0, 0.1) is 19.8 Å². The molecule has 1 unspecified atom stereocenters. The van der Waals surface area contributed by atoms with E-state index in [1.807, 2.05) is 11.3 Å². The van der Waals surface area contributed by atoms with Crippen LogP contribution in [0.2, 0.25) is 0 Å². The van der Waals surface area contributed by atoms with E-state index < -0.39 is 0 Å². The minimum Gasteiger partial charge on any atom is -0.310 e. The second-order valence-electron chi connectivity index (χ2n) is 5.64. The van der Waals surface area contributed by atoms with Crippen LogP contribution in [0.5, 0.6) is 0 Å². The first kappa shape index (κ1) is 16.7. The van der Waals surface area contributed by atoms with Crippen molar-refractivity contribution in [2.75, 3.05) is 6.54 Å². The standard InChI is InChI=1S/C17H31NS/c1-6-9-15(10-7-2)17(18-11-8-3)16-12-13(4)19-14(16)5/h12,15,17-18H,6-11H2,1-5H3. The van der Waals surface area contributed by atoms with Crippen LogP contribution in [0.25, 0.3) is 0 Å². The maximum absolute atomic E-state index is 3.82. The number of aryl methyl sites for hydroxylation is 2. The van der Waals surface area contributed by atoms with Gasteiger partial charge >= 0.3 is 0 Å². The maximum Gasteiger partial charge on any atom is 0.0359 e. The zero-order valence-corrected chi connectivity index (χ0v) is 14.2. The van der Waals surface area contributed by atoms with Gasteiger partial charge in [0.2, 0.25) is 0 Å². The summed E-state index contributed by atoms with van der Waals surface area (Å²) in [4.78, 5) is 2.95. The minimum atomic E-state index is 0.560. The third-order valence-electron chi connectivity index (χ3n) is 3.82. The molecule has 0 bridgehead atoms. The summed E-state index contributed by atoms with van der Waals surface area (Å²) in [7, 11) is 0. The zero-order chi connectivity index (χ0) is 14.3. The molecule has 1 aromatic rings. The van der Waals surface area contributed by atoms with Crippen molar-refractivity contribution < 1.29 is 0 Å². The molecule has 0 aliphatic heterocycles. The zero-order valence-electron chi connectivity index (χ0n) is 13.4. The van der Waals surface area contributed by atoms with Gasteiger partial charge in [-0.3, -0.25) is 0 Å². The highest BCUT2D eigenvalue weighted by Gasteiger charge is 2.23. The Bertz CT molecular complexity index is 350. The molecule has 0 radical (unpaired) electrons. The predicted octanol–water partition coefficient (Wildman–Crippen LogP) is 5.62. The molecular weight excluding hydrogens is 250 g/mol. The normalized spacial score (nSPS) is 13.2. The quantitative estimate of drug-likeness (QED) is 0.619. The number of thiophene rings is 1. The molecule has 0 saturated carbocycles. The maximum atomic E-state index is 3.82. The molecule has 1 atom stereocenters. The van der Waals surface area contributed by atoms with Crippen molar-refractivity contribution in [3.05, 3.63) is 21.4 Å². The Hall–Kier alpha value is -0.340. The van der Waals surface area contributed by atoms with E-state index >= 15 is 0 Å². The van der Waals surface area contributed by atoms with Crippen LogP contribution in [0.1, 0.15) is 74.2 Å². The summed E-state index contributed by atoms with van der Waals surface area (Å²) in [5, 5.41) is 3.82. The second kappa shape index (κ2) is 8.76. The van der Waals surface area contributed by atoms with Gasteiger partial charge in [-0.15, -0.1) is 11.3 Å². The van der Waals surface area contributed by atoms with Gasteiger partial charge in [-0.05, 0) is 57.2 Å². The van der Waals surface area contributed by atoms with Crippen molar-refractivity contribution in [2.24, 2.45) is 5.92 Å². The number of hydrogen-bond acceptors (Lipinski definition) is 2. The van der Waals surface area contributed by atoms with E-state index in [-0.39, 0.29) is 0 Å². The van der Waals surface area contributed by atoms with Crippen molar-refractivity contribution in [3.63, 3.8) is 0 Å². The van der Waals surface area contributed by atoms with Crippen molar-refractivity contribution >= 4 is 11.3 Å². The lowest BCUT2D eigenvalue weighted by atomic mass is 9.86. The van der Waals surface area contributed by atoms with Crippen LogP contribution >= 0.6 is 11.3 Å². The molecular formula is C17H31NS. The molecule has 0 aromatic carbocycles. The molecule has 1 heterocycles. The SMILES string of the molecule is CCCNC(c1cc(C)sc1C)C(CCC)CCC. The Morgan fingerprint density at radius 1 is 1.05 bits per heavy atom. The molecule has 1 rings (SSSR count). The summed E-state index contributed by atoms with van der Waals surface area (Å²) in [5.74, 6) is 0.786. The first-order valence-electron chi connectivity index (χ1n) is 7.94. The highest BCUT2D eigenvalue weighted by atomic mass is 32.1. The summed E-state index contributed by atoms with van der Waals surface area (Å²) in [6, 6.07) is 2.97. The fourth-order valence-corrected chi connectivity index (χ4v) is 3.98. The van der Waals surface area contributed by atoms with Gasteiger partial charge in [0.25, 0.3) is 0 Å². The predicted molar refractivity (Wildman–Crippen MR) is 88.1 cm³/mol. The van der Waals surface area contributed by atoms with Crippen molar-refractivity contribution in [3.8, 4) is 0 Å². The van der Waals surface area contributed by atoms with E-state index in [0.717, 1.165) is 12.5 Å². The van der Waals surface area contributed by atoms with Crippen LogP contribution in [0.4, 0.5) is 0 Å². The number of hydrogen-bond donors (Lipinski definition) is 1. The molecule has 110 valence electrons. The molecule has 19 heavy (non-hydrogen) atoms. The lowest BCUT2D eigenvalue weighted by molar-refractivity contribution is 0.316. The average Bonchev–Trinajstić information content (AvgIpc) is 2.69. The Morgan fingerprint density at radius 2 is 1.68 bits per heavy atom. The largest absolute Gasteiger partial charge is 0.310 e. The third kappa shape index (κ3) is 4.92. The second-order valence-corrected chi connectivity index (χ2v) is 7.10. The monoisotopic (exact) mass is 281 g/mol. The van der Waals surface area contributed by atoms with Crippen molar-refractivity contribution in [2.45, 2.75) is 72.8 Å². The molecule has 0 fully saturated rings. The Balaban J connectivity index is 2.93. The molecule has 0 saturated heterocycles. The Kier molecular flexibility index (Phi) is 7.70. The van der Waals surface area contributed by atoms with Gasteiger partial charge in [0.1, 0.15) is 0 Å². The van der Waals surface area contributed by atoms with Crippen LogP contribution in [0.3, 0.4) is 0 Å². The van der Waals surface area contributed by atoms with Crippen LogP contribution in [-0.2, 0) is 0 Å². The van der Waals surface area contributed by atoms with E-state index in [2.05, 4.69) is 46.0 Å². The van der Waals surface area contributed by atoms with Crippen molar-refractivity contribution in [1.82, 2.24) is 5.32 Å². The molecule has 0 aliphatic carbocycles. The first-order valence-corrected chi connectivity index (χ1v) is 8.75. The topological polar surface area (TPSA) is 12.0 Å². The average molecular weight is 282 g/mol. The molecule has 0 amide bonds. The Morgan fingerprint density at radius 3 is 2.11 bits per heavy atom. The van der Waals surface area contributed by atoms with Gasteiger partial charge in [0.15, 0.2) is 0 Å². The lowest BCUT2D eigenvalue weighted by Crippen LogP contribution is -2.29. The summed E-state index contributed by atoms with van der Waals surface area (Å²) >= 11 is 1.94. The van der Waals surface area contributed by atoms with E-state index in [0.29, 0.717) is 6.04 Å². The highest BCUT2D eigenvalue weighted by Crippen LogP contribution is 2.35. The van der Waals surface area contributed by atoms with Gasteiger partial charge in [-0.2, -0.15) is 0 Å². The molecule has 0 spiro atoms. The van der Waals surface area contributed by atoms with Gasteiger partial charge < -0.3 is 5.32 Å². The number of rotatable bonds is 9. The highest BCUT2D eigenvalue weighted by molar-refractivity contribution is 7.12. The fourth-order valence-electron chi connectivity index (χ4n) is 3.01. The van der Waals surface area contributed by atoms with Crippen LogP contribution in [-0.4, -0.2) is 6.54 Å². The molecule has 2 heteroatoms. The summed E-state index contributed by atoms with van der Waals surface area (Å²) in [6.45, 7) is 12.5. The molecule has 1 nitrogen and oxygen atoms in total. The number of nitrogens with one attached hydrogen (secondary N) is 1. The van der Waals surface area contributed by atoms with E-state index in [1.54, 1.807) is 5.56 Å². The summed E-state index contributed by atoms with van der Waals surface area (Å²) < 4.78 is 0. The van der Waals surface area contributed by atoms with Crippen LogP contribution < -0.4 is 5.32 Å². The van der Waals surface area contributed by atoms with E-state index in [4.69, 9.17) is 0 Å². The fraction of sp³-hybridized carbons (Fsp3) is 0.765. The summed E-state index contributed by atoms with van der Waals surface area (Å²) in [6.07, 6.45) is 6.46. The van der Waals surface area contributed by atoms with E-state index in [9.17, 15) is 0 Å². The summed E-state index contributed by atoms with van der Waals surface area (Å²) in [5.41, 5.74) is 1.56. The van der Waals surface area contributed by atoms with E-state index in [1.165, 1.54) is 41.9 Å². The molecule has 1 N–H and O–H groups in total. The lowest BCUT2D eigenvalue weighted by Gasteiger charge is -2.28. The molecule has 1 aromatic heterocycles. The minimum absolute atomic E-state index is 0.560. The van der Waals surface area contributed by atoms with Gasteiger partial charge in [0, 0.05) is 15.8 Å². The van der Waals surface area contributed by atoms with Gasteiger partial charge in [0.05, 0.1) is 0 Å². The van der Waals surface area contributed by atoms with Gasteiger partial charge in [-0.25, -0.2) is 0 Å². The smallest absolute Gasteiger partial charge is 0.0359 e. The van der Waals surface area contributed by atoms with Crippen LogP contribution in [0.15, 0.2) is 6.07 Å².